The van der Waals surface area contributed by atoms with Crippen molar-refractivity contribution in [1.29, 1.82) is 0 Å². The summed E-state index contributed by atoms with van der Waals surface area (Å²) in [5.41, 5.74) is 1.15. The highest BCUT2D eigenvalue weighted by molar-refractivity contribution is 14.1. The fraction of sp³-hybridized carbons (Fsp3) is 0.500. The van der Waals surface area contributed by atoms with Crippen LogP contribution >= 0.6 is 22.6 Å². The van der Waals surface area contributed by atoms with E-state index in [0.29, 0.717) is 0 Å². The van der Waals surface area contributed by atoms with Gasteiger partial charge in [0.1, 0.15) is 5.82 Å². The summed E-state index contributed by atoms with van der Waals surface area (Å²) in [5, 5.41) is 6.65. The lowest BCUT2D eigenvalue weighted by molar-refractivity contribution is 0.602. The van der Waals surface area contributed by atoms with Gasteiger partial charge in [-0.2, -0.15) is 0 Å². The van der Waals surface area contributed by atoms with Gasteiger partial charge in [-0.25, -0.2) is 4.39 Å². The van der Waals surface area contributed by atoms with Crippen molar-refractivity contribution < 1.29 is 4.39 Å². The van der Waals surface area contributed by atoms with Crippen molar-refractivity contribution >= 4 is 22.6 Å². The third kappa shape index (κ3) is 5.23. The van der Waals surface area contributed by atoms with Crippen molar-refractivity contribution in [1.82, 2.24) is 10.6 Å². The second kappa shape index (κ2) is 7.97. The molecule has 0 aromatic heterocycles. The monoisotopic (exact) mass is 336 g/mol. The molecule has 2 N–H and O–H groups in total. The second-order valence-corrected chi connectivity index (χ2v) is 4.82. The van der Waals surface area contributed by atoms with Gasteiger partial charge in [-0.15, -0.1) is 0 Å². The predicted molar refractivity (Wildman–Crippen MR) is 74.0 cm³/mol. The normalized spacial score (nSPS) is 10.7. The van der Waals surface area contributed by atoms with Gasteiger partial charge < -0.3 is 10.6 Å². The maximum absolute atomic E-state index is 12.8. The first kappa shape index (κ1) is 13.9. The van der Waals surface area contributed by atoms with Crippen molar-refractivity contribution in [2.24, 2.45) is 0 Å². The molecule has 1 aromatic carbocycles. The van der Waals surface area contributed by atoms with Gasteiger partial charge in [-0.05, 0) is 53.3 Å². The molecule has 4 heteroatoms. The molecular weight excluding hydrogens is 318 g/mol. The SMILES string of the molecule is CCCNCCNCc1ccc(F)cc1I. The van der Waals surface area contributed by atoms with Gasteiger partial charge in [-0.3, -0.25) is 0 Å². The highest BCUT2D eigenvalue weighted by Crippen LogP contribution is 2.13. The zero-order valence-corrected chi connectivity index (χ0v) is 11.7. The molecule has 0 amide bonds. The van der Waals surface area contributed by atoms with Crippen LogP contribution in [0.25, 0.3) is 0 Å². The predicted octanol–water partition coefficient (Wildman–Crippen LogP) is 2.52. The molecule has 0 spiro atoms. The minimum atomic E-state index is -0.169. The minimum Gasteiger partial charge on any atom is -0.315 e. The summed E-state index contributed by atoms with van der Waals surface area (Å²) < 4.78 is 13.8. The molecule has 1 aromatic rings. The first-order chi connectivity index (χ1) is 7.74. The molecule has 0 aliphatic carbocycles. The number of hydrogen-bond donors (Lipinski definition) is 2. The van der Waals surface area contributed by atoms with Crippen LogP contribution in [-0.2, 0) is 6.54 Å². The Kier molecular flexibility index (Phi) is 6.91. The largest absolute Gasteiger partial charge is 0.315 e. The Bertz CT molecular complexity index is 318. The van der Waals surface area contributed by atoms with E-state index in [4.69, 9.17) is 0 Å². The van der Waals surface area contributed by atoms with Crippen LogP contribution in [0.1, 0.15) is 18.9 Å². The van der Waals surface area contributed by atoms with Gasteiger partial charge >= 0.3 is 0 Å². The summed E-state index contributed by atoms with van der Waals surface area (Å²) in [6.07, 6.45) is 1.16. The first-order valence-corrected chi connectivity index (χ1v) is 6.67. The van der Waals surface area contributed by atoms with E-state index in [2.05, 4.69) is 40.1 Å². The lowest BCUT2D eigenvalue weighted by Gasteiger charge is -2.07. The van der Waals surface area contributed by atoms with Crippen LogP contribution in [0.5, 0.6) is 0 Å². The van der Waals surface area contributed by atoms with E-state index in [0.717, 1.165) is 41.7 Å². The quantitative estimate of drug-likeness (QED) is 0.591. The van der Waals surface area contributed by atoms with E-state index in [1.54, 1.807) is 6.07 Å². The highest BCUT2D eigenvalue weighted by Gasteiger charge is 2.00. The Morgan fingerprint density at radius 1 is 1.19 bits per heavy atom. The van der Waals surface area contributed by atoms with Crippen molar-refractivity contribution in [3.8, 4) is 0 Å². The lowest BCUT2D eigenvalue weighted by Crippen LogP contribution is -2.27. The molecule has 0 unspecified atom stereocenters. The van der Waals surface area contributed by atoms with Crippen LogP contribution in [0.2, 0.25) is 0 Å². The number of halogens is 2. The van der Waals surface area contributed by atoms with Crippen LogP contribution in [0, 0.1) is 9.39 Å². The van der Waals surface area contributed by atoms with Crippen molar-refractivity contribution in [2.75, 3.05) is 19.6 Å². The fourth-order valence-corrected chi connectivity index (χ4v) is 2.03. The summed E-state index contributed by atoms with van der Waals surface area (Å²) >= 11 is 2.16. The van der Waals surface area contributed by atoms with Crippen LogP contribution in [0.15, 0.2) is 18.2 Å². The lowest BCUT2D eigenvalue weighted by atomic mass is 10.2. The minimum absolute atomic E-state index is 0.169. The fourth-order valence-electron chi connectivity index (χ4n) is 1.37. The number of benzene rings is 1. The molecule has 0 saturated heterocycles. The molecular formula is C12H18FIN2. The molecule has 16 heavy (non-hydrogen) atoms. The van der Waals surface area contributed by atoms with Crippen molar-refractivity contribution in [2.45, 2.75) is 19.9 Å². The van der Waals surface area contributed by atoms with Gasteiger partial charge in [0.15, 0.2) is 0 Å². The van der Waals surface area contributed by atoms with Crippen LogP contribution in [0.4, 0.5) is 4.39 Å². The summed E-state index contributed by atoms with van der Waals surface area (Å²) in [6, 6.07) is 4.91. The summed E-state index contributed by atoms with van der Waals surface area (Å²) in [4.78, 5) is 0. The number of hydrogen-bond acceptors (Lipinski definition) is 2. The molecule has 90 valence electrons. The van der Waals surface area contributed by atoms with Gasteiger partial charge in [0, 0.05) is 23.2 Å². The van der Waals surface area contributed by atoms with Crippen molar-refractivity contribution in [3.05, 3.63) is 33.1 Å². The van der Waals surface area contributed by atoms with Crippen LogP contribution < -0.4 is 10.6 Å². The number of rotatable bonds is 7. The Morgan fingerprint density at radius 3 is 2.62 bits per heavy atom. The third-order valence-corrected chi connectivity index (χ3v) is 3.24. The third-order valence-electron chi connectivity index (χ3n) is 2.24. The van der Waals surface area contributed by atoms with Gasteiger partial charge in [0.2, 0.25) is 0 Å². The van der Waals surface area contributed by atoms with Crippen LogP contribution in [-0.4, -0.2) is 19.6 Å². The second-order valence-electron chi connectivity index (χ2n) is 3.66. The average molecular weight is 336 g/mol. The zero-order valence-electron chi connectivity index (χ0n) is 9.52. The average Bonchev–Trinajstić information content (AvgIpc) is 2.26. The maximum atomic E-state index is 12.8. The Balaban J connectivity index is 2.21. The molecule has 0 radical (unpaired) electrons. The molecule has 0 heterocycles. The summed E-state index contributed by atoms with van der Waals surface area (Å²) in [6.45, 7) is 5.93. The first-order valence-electron chi connectivity index (χ1n) is 5.59. The highest BCUT2D eigenvalue weighted by atomic mass is 127. The standard InChI is InChI=1S/C12H18FIN2/c1-2-5-15-6-7-16-9-10-3-4-11(13)8-12(10)14/h3-4,8,15-16H,2,5-7,9H2,1H3. The van der Waals surface area contributed by atoms with Gasteiger partial charge in [-0.1, -0.05) is 13.0 Å². The summed E-state index contributed by atoms with van der Waals surface area (Å²) in [5.74, 6) is -0.169. The van der Waals surface area contributed by atoms with Crippen molar-refractivity contribution in [3.63, 3.8) is 0 Å². The maximum Gasteiger partial charge on any atom is 0.124 e. The molecule has 1 rings (SSSR count). The van der Waals surface area contributed by atoms with E-state index in [1.807, 2.05) is 6.07 Å². The molecule has 0 bridgehead atoms. The van der Waals surface area contributed by atoms with E-state index in [9.17, 15) is 4.39 Å². The van der Waals surface area contributed by atoms with E-state index in [1.165, 1.54) is 6.07 Å². The Labute approximate surface area is 110 Å². The van der Waals surface area contributed by atoms with E-state index >= 15 is 0 Å². The van der Waals surface area contributed by atoms with Crippen LogP contribution in [0.3, 0.4) is 0 Å². The zero-order chi connectivity index (χ0) is 11.8. The molecule has 0 atom stereocenters. The topological polar surface area (TPSA) is 24.1 Å². The Morgan fingerprint density at radius 2 is 1.94 bits per heavy atom. The van der Waals surface area contributed by atoms with E-state index < -0.39 is 0 Å². The molecule has 0 aliphatic rings. The Hall–Kier alpha value is -0.200. The number of nitrogens with one attached hydrogen (secondary N) is 2. The molecule has 0 saturated carbocycles. The smallest absolute Gasteiger partial charge is 0.124 e. The molecule has 2 nitrogen and oxygen atoms in total. The van der Waals surface area contributed by atoms with E-state index in [-0.39, 0.29) is 5.82 Å². The summed E-state index contributed by atoms with van der Waals surface area (Å²) in [7, 11) is 0. The van der Waals surface area contributed by atoms with Gasteiger partial charge in [0.25, 0.3) is 0 Å². The molecule has 0 fully saturated rings. The molecule has 0 aliphatic heterocycles. The van der Waals surface area contributed by atoms with Gasteiger partial charge in [0.05, 0.1) is 0 Å².